The van der Waals surface area contributed by atoms with E-state index in [1.165, 1.54) is 24.4 Å². The van der Waals surface area contributed by atoms with Crippen molar-refractivity contribution in [3.8, 4) is 0 Å². The van der Waals surface area contributed by atoms with E-state index in [1.807, 2.05) is 0 Å². The van der Waals surface area contributed by atoms with Crippen LogP contribution in [0.15, 0.2) is 28.2 Å². The van der Waals surface area contributed by atoms with Gasteiger partial charge in [-0.15, -0.1) is 0 Å². The molecule has 0 fully saturated rings. The molecule has 17 heavy (non-hydrogen) atoms. The van der Waals surface area contributed by atoms with Crippen molar-refractivity contribution in [2.75, 3.05) is 12.3 Å². The molecule has 2 aromatic rings. The zero-order valence-corrected chi connectivity index (χ0v) is 10.1. The largest absolute Gasteiger partial charge is 0.469 e. The third-order valence-corrected chi connectivity index (χ3v) is 3.00. The third-order valence-electron chi connectivity index (χ3n) is 2.12. The summed E-state index contributed by atoms with van der Waals surface area (Å²) in [5, 5.41) is 10.0. The first-order chi connectivity index (χ1) is 8.27. The van der Waals surface area contributed by atoms with E-state index in [0.717, 1.165) is 10.9 Å². The number of hydrogen-bond donors (Lipinski definition) is 2. The van der Waals surface area contributed by atoms with E-state index < -0.39 is 0 Å². The van der Waals surface area contributed by atoms with Gasteiger partial charge in [-0.25, -0.2) is 4.98 Å². The van der Waals surface area contributed by atoms with Crippen molar-refractivity contribution in [2.45, 2.75) is 12.1 Å². The molecular weight excluding hydrogens is 240 g/mol. The predicted molar refractivity (Wildman–Crippen MR) is 62.9 cm³/mol. The summed E-state index contributed by atoms with van der Waals surface area (Å²) in [7, 11) is 0. The average Bonchev–Trinajstić information content (AvgIpc) is 2.95. The van der Waals surface area contributed by atoms with Crippen LogP contribution in [0.5, 0.6) is 0 Å². The highest BCUT2D eigenvalue weighted by molar-refractivity contribution is 7.99. The highest BCUT2D eigenvalue weighted by atomic mass is 32.2. The van der Waals surface area contributed by atoms with Crippen LogP contribution in [0.4, 0.5) is 0 Å². The van der Waals surface area contributed by atoms with E-state index >= 15 is 0 Å². The second kappa shape index (κ2) is 5.53. The number of nitrogens with zero attached hydrogens (tertiary/aromatic N) is 2. The lowest BCUT2D eigenvalue weighted by molar-refractivity contribution is 0.0954. The molecule has 7 heteroatoms. The molecule has 1 amide bonds. The number of hydrogen-bond acceptors (Lipinski definition) is 5. The maximum absolute atomic E-state index is 11.7. The number of aromatic amines is 1. The first-order valence-corrected chi connectivity index (χ1v) is 6.06. The Hall–Kier alpha value is -1.76. The van der Waals surface area contributed by atoms with Crippen LogP contribution in [-0.4, -0.2) is 33.4 Å². The van der Waals surface area contributed by atoms with Gasteiger partial charge in [0.1, 0.15) is 12.1 Å². The Morgan fingerprint density at radius 2 is 2.53 bits per heavy atom. The third kappa shape index (κ3) is 3.10. The lowest BCUT2D eigenvalue weighted by Gasteiger charge is -2.02. The first-order valence-electron chi connectivity index (χ1n) is 5.08. The number of furan rings is 1. The van der Waals surface area contributed by atoms with Crippen LogP contribution in [0.2, 0.25) is 0 Å². The van der Waals surface area contributed by atoms with Gasteiger partial charge in [-0.1, -0.05) is 11.8 Å². The fourth-order valence-corrected chi connectivity index (χ4v) is 1.93. The molecule has 0 aliphatic heterocycles. The Morgan fingerprint density at radius 1 is 1.65 bits per heavy atom. The molecule has 2 heterocycles. The van der Waals surface area contributed by atoms with Crippen molar-refractivity contribution >= 4 is 17.7 Å². The highest BCUT2D eigenvalue weighted by Gasteiger charge is 2.10. The maximum Gasteiger partial charge on any atom is 0.254 e. The van der Waals surface area contributed by atoms with Crippen LogP contribution in [0.3, 0.4) is 0 Å². The molecule has 0 saturated heterocycles. The number of aryl methyl sites for hydroxylation is 1. The van der Waals surface area contributed by atoms with Crippen LogP contribution in [-0.2, 0) is 0 Å². The molecule has 0 aliphatic carbocycles. The summed E-state index contributed by atoms with van der Waals surface area (Å²) in [6.45, 7) is 2.33. The van der Waals surface area contributed by atoms with E-state index in [-0.39, 0.29) is 5.91 Å². The molecule has 2 N–H and O–H groups in total. The summed E-state index contributed by atoms with van der Waals surface area (Å²) in [4.78, 5) is 15.6. The Morgan fingerprint density at radius 3 is 3.18 bits per heavy atom. The predicted octanol–water partition coefficient (Wildman–Crippen LogP) is 1.23. The molecule has 0 unspecified atom stereocenters. The molecule has 6 nitrogen and oxygen atoms in total. The molecule has 0 radical (unpaired) electrons. The first kappa shape index (κ1) is 11.7. The lowest BCUT2D eigenvalue weighted by Crippen LogP contribution is -2.25. The summed E-state index contributed by atoms with van der Waals surface area (Å²) < 4.78 is 5.06. The second-order valence-electron chi connectivity index (χ2n) is 3.29. The number of H-pyrrole nitrogens is 1. The van der Waals surface area contributed by atoms with E-state index in [1.54, 1.807) is 13.0 Å². The zero-order valence-electron chi connectivity index (χ0n) is 9.27. The molecule has 90 valence electrons. The quantitative estimate of drug-likeness (QED) is 0.617. The number of carbonyl (C=O) groups is 1. The Kier molecular flexibility index (Phi) is 3.81. The molecule has 0 bridgehead atoms. The SMILES string of the molecule is Cc1occc1C(=O)NCCSc1ncn[nH]1. The van der Waals surface area contributed by atoms with Gasteiger partial charge in [-0.05, 0) is 13.0 Å². The van der Waals surface area contributed by atoms with Crippen molar-refractivity contribution in [3.63, 3.8) is 0 Å². The minimum Gasteiger partial charge on any atom is -0.469 e. The van der Waals surface area contributed by atoms with Gasteiger partial charge in [0, 0.05) is 12.3 Å². The van der Waals surface area contributed by atoms with Gasteiger partial charge in [-0.3, -0.25) is 9.89 Å². The lowest BCUT2D eigenvalue weighted by atomic mass is 10.2. The van der Waals surface area contributed by atoms with Crippen molar-refractivity contribution in [1.82, 2.24) is 20.5 Å². The second-order valence-corrected chi connectivity index (χ2v) is 4.37. The average molecular weight is 252 g/mol. The number of amides is 1. The normalized spacial score (nSPS) is 10.4. The van der Waals surface area contributed by atoms with Gasteiger partial charge in [-0.2, -0.15) is 5.10 Å². The van der Waals surface area contributed by atoms with Gasteiger partial charge < -0.3 is 9.73 Å². The summed E-state index contributed by atoms with van der Waals surface area (Å²) in [6, 6.07) is 1.66. The number of nitrogens with one attached hydrogen (secondary N) is 2. The van der Waals surface area contributed by atoms with Gasteiger partial charge in [0.2, 0.25) is 0 Å². The van der Waals surface area contributed by atoms with E-state index in [9.17, 15) is 4.79 Å². The fraction of sp³-hybridized carbons (Fsp3) is 0.300. The molecule has 0 spiro atoms. The standard InChI is InChI=1S/C10H12N4O2S/c1-7-8(2-4-16-7)9(15)11-3-5-17-10-12-6-13-14-10/h2,4,6H,3,5H2,1H3,(H,11,15)(H,12,13,14). The summed E-state index contributed by atoms with van der Waals surface area (Å²) >= 11 is 1.50. The summed E-state index contributed by atoms with van der Waals surface area (Å²) in [5.41, 5.74) is 0.578. The van der Waals surface area contributed by atoms with Crippen LogP contribution < -0.4 is 5.32 Å². The van der Waals surface area contributed by atoms with Gasteiger partial charge in [0.05, 0.1) is 11.8 Å². The highest BCUT2D eigenvalue weighted by Crippen LogP contribution is 2.10. The van der Waals surface area contributed by atoms with Crippen LogP contribution in [0, 0.1) is 6.92 Å². The Bertz CT molecular complexity index is 480. The molecule has 0 aromatic carbocycles. The number of aromatic nitrogens is 3. The minimum atomic E-state index is -0.116. The maximum atomic E-state index is 11.7. The Balaban J connectivity index is 1.72. The number of thioether (sulfide) groups is 1. The number of rotatable bonds is 5. The van der Waals surface area contributed by atoms with Gasteiger partial charge in [0.15, 0.2) is 5.16 Å². The van der Waals surface area contributed by atoms with Crippen LogP contribution in [0.25, 0.3) is 0 Å². The van der Waals surface area contributed by atoms with Crippen molar-refractivity contribution in [3.05, 3.63) is 30.0 Å². The summed E-state index contributed by atoms with van der Waals surface area (Å²) in [6.07, 6.45) is 2.96. The monoisotopic (exact) mass is 252 g/mol. The van der Waals surface area contributed by atoms with Crippen LogP contribution >= 0.6 is 11.8 Å². The number of carbonyl (C=O) groups excluding carboxylic acids is 1. The van der Waals surface area contributed by atoms with Crippen molar-refractivity contribution in [1.29, 1.82) is 0 Å². The topological polar surface area (TPSA) is 83.8 Å². The van der Waals surface area contributed by atoms with Crippen LogP contribution in [0.1, 0.15) is 16.1 Å². The van der Waals surface area contributed by atoms with E-state index in [4.69, 9.17) is 4.42 Å². The van der Waals surface area contributed by atoms with Gasteiger partial charge >= 0.3 is 0 Å². The van der Waals surface area contributed by atoms with E-state index in [0.29, 0.717) is 17.9 Å². The van der Waals surface area contributed by atoms with E-state index in [2.05, 4.69) is 20.5 Å². The van der Waals surface area contributed by atoms with Crippen molar-refractivity contribution < 1.29 is 9.21 Å². The molecule has 2 aromatic heterocycles. The fourth-order valence-electron chi connectivity index (χ4n) is 1.29. The summed E-state index contributed by atoms with van der Waals surface area (Å²) in [5.74, 6) is 1.25. The molecule has 2 rings (SSSR count). The van der Waals surface area contributed by atoms with Crippen molar-refractivity contribution in [2.24, 2.45) is 0 Å². The Labute approximate surface area is 102 Å². The minimum absolute atomic E-state index is 0.116. The molecule has 0 atom stereocenters. The smallest absolute Gasteiger partial charge is 0.254 e. The van der Waals surface area contributed by atoms with Gasteiger partial charge in [0.25, 0.3) is 5.91 Å². The molecular formula is C10H12N4O2S. The molecule has 0 aliphatic rings. The zero-order chi connectivity index (χ0) is 12.1. The molecule has 0 saturated carbocycles.